The van der Waals surface area contributed by atoms with Gasteiger partial charge in [0.05, 0.1) is 18.2 Å². The van der Waals surface area contributed by atoms with Gasteiger partial charge in [-0.1, -0.05) is 0 Å². The van der Waals surface area contributed by atoms with E-state index in [0.29, 0.717) is 16.3 Å². The average molecular weight is 230 g/mol. The van der Waals surface area contributed by atoms with Crippen LogP contribution in [0.15, 0.2) is 17.1 Å². The van der Waals surface area contributed by atoms with Crippen molar-refractivity contribution in [2.45, 2.75) is 0 Å². The van der Waals surface area contributed by atoms with Crippen LogP contribution in [0.2, 0.25) is 0 Å². The van der Waals surface area contributed by atoms with Gasteiger partial charge in [0.1, 0.15) is 5.75 Å². The zero-order valence-corrected chi connectivity index (χ0v) is 9.27. The van der Waals surface area contributed by atoms with Crippen molar-refractivity contribution in [1.82, 2.24) is 0 Å². The van der Waals surface area contributed by atoms with Crippen molar-refractivity contribution in [3.63, 3.8) is 0 Å². The predicted molar refractivity (Wildman–Crippen MR) is 60.5 cm³/mol. The molecule has 17 heavy (non-hydrogen) atoms. The van der Waals surface area contributed by atoms with Crippen LogP contribution in [0.4, 0.5) is 5.69 Å². The summed E-state index contributed by atoms with van der Waals surface area (Å²) >= 11 is 0. The van der Waals surface area contributed by atoms with Crippen LogP contribution < -0.4 is 20.2 Å². The Morgan fingerprint density at radius 3 is 2.71 bits per heavy atom. The molecule has 0 bridgehead atoms. The van der Waals surface area contributed by atoms with Gasteiger partial charge in [-0.3, -0.25) is 9.59 Å². The Morgan fingerprint density at radius 2 is 2.06 bits per heavy atom. The minimum Gasteiger partial charge on any atom is -0.495 e. The van der Waals surface area contributed by atoms with Gasteiger partial charge in [-0.05, 0) is 12.1 Å². The highest BCUT2D eigenvalue weighted by Gasteiger charge is 2.23. The molecule has 5 heteroatoms. The number of ketones is 1. The second-order valence-corrected chi connectivity index (χ2v) is 4.00. The number of fused-ring (bicyclic) bond motifs is 1. The zero-order chi connectivity index (χ0) is 12.0. The zero-order valence-electron chi connectivity index (χ0n) is 9.27. The van der Waals surface area contributed by atoms with Crippen molar-refractivity contribution in [2.75, 3.05) is 25.1 Å². The number of hydrogen-bond acceptors (Lipinski definition) is 4. The fraction of sp³-hybridized carbons (Fsp3) is 0.250. The highest BCUT2D eigenvalue weighted by atomic mass is 16.5. The quantitative estimate of drug-likeness (QED) is 0.484. The molecule has 2 aliphatic heterocycles. The Labute approximate surface area is 97.0 Å². The summed E-state index contributed by atoms with van der Waals surface area (Å²) in [5, 5.41) is 1.18. The molecule has 1 saturated heterocycles. The first-order valence-corrected chi connectivity index (χ1v) is 5.31. The second kappa shape index (κ2) is 3.41. The van der Waals surface area contributed by atoms with Gasteiger partial charge in [-0.25, -0.2) is 4.99 Å². The summed E-state index contributed by atoms with van der Waals surface area (Å²) in [6.45, 7) is 1.96. The maximum Gasteiger partial charge on any atom is 0.317 e. The molecule has 0 aliphatic carbocycles. The fourth-order valence-corrected chi connectivity index (χ4v) is 1.85. The molecule has 3 rings (SSSR count). The highest BCUT2D eigenvalue weighted by Crippen LogP contribution is 2.29. The number of carbonyl (C=O) groups is 2. The van der Waals surface area contributed by atoms with Crippen molar-refractivity contribution in [3.05, 3.63) is 22.7 Å². The molecule has 2 aliphatic rings. The van der Waals surface area contributed by atoms with E-state index in [4.69, 9.17) is 4.74 Å². The molecule has 0 radical (unpaired) electrons. The summed E-state index contributed by atoms with van der Waals surface area (Å²) in [5.74, 6) is -0.590. The Hall–Kier alpha value is -2.17. The molecule has 2 heterocycles. The number of Topliss-reactive ketones (excluding diaryl/α,β-unsaturated/α-hetero) is 1. The second-order valence-electron chi connectivity index (χ2n) is 4.00. The third kappa shape index (κ3) is 1.60. The molecule has 0 atom stereocenters. The minimum absolute atomic E-state index is 0.539. The summed E-state index contributed by atoms with van der Waals surface area (Å²) in [6.07, 6.45) is 1.30. The van der Waals surface area contributed by atoms with Crippen LogP contribution in [0.5, 0.6) is 5.75 Å². The number of amides is 1. The number of hydrogen-bond donors (Lipinski definition) is 0. The number of benzene rings is 1. The molecule has 0 saturated carbocycles. The normalized spacial score (nSPS) is 17.1. The Bertz CT molecular complexity index is 644. The minimum atomic E-state index is -0.709. The average Bonchev–Trinajstić information content (AvgIpc) is 3.13. The van der Waals surface area contributed by atoms with E-state index in [0.717, 1.165) is 18.8 Å². The van der Waals surface area contributed by atoms with E-state index in [1.54, 1.807) is 19.2 Å². The Balaban J connectivity index is 2.28. The van der Waals surface area contributed by atoms with Gasteiger partial charge in [0.15, 0.2) is 0 Å². The highest BCUT2D eigenvalue weighted by molar-refractivity contribution is 6.48. The first-order chi connectivity index (χ1) is 8.19. The number of nitrogens with zero attached hydrogens (tertiary/aromatic N) is 2. The molecule has 0 N–H and O–H groups in total. The van der Waals surface area contributed by atoms with Gasteiger partial charge < -0.3 is 9.64 Å². The maximum absolute atomic E-state index is 11.2. The molecule has 0 unspecified atom stereocenters. The van der Waals surface area contributed by atoms with Crippen LogP contribution in [0.3, 0.4) is 0 Å². The number of ether oxygens (including phenoxy) is 1. The van der Waals surface area contributed by atoms with Crippen molar-refractivity contribution < 1.29 is 14.3 Å². The van der Waals surface area contributed by atoms with Gasteiger partial charge in [0, 0.05) is 24.4 Å². The van der Waals surface area contributed by atoms with Crippen LogP contribution in [0.1, 0.15) is 0 Å². The first kappa shape index (κ1) is 10.0. The lowest BCUT2D eigenvalue weighted by atomic mass is 10.1. The molecule has 1 fully saturated rings. The van der Waals surface area contributed by atoms with E-state index in [1.165, 1.54) is 6.08 Å². The van der Waals surface area contributed by atoms with E-state index in [-0.39, 0.29) is 0 Å². The van der Waals surface area contributed by atoms with Crippen LogP contribution >= 0.6 is 0 Å². The lowest BCUT2D eigenvalue weighted by molar-refractivity contribution is -0.132. The number of carbonyl (C=O) groups excluding carboxylic acids is 2. The molecular formula is C12H10N2O3. The standard InChI is InChI=1S/C12H10N2O3/c1-17-11-5-7-4-10(15)12(16)13-8(7)6-9(11)14-2-3-14/h4-6H,2-3H2,1H3. The summed E-state index contributed by atoms with van der Waals surface area (Å²) in [7, 11) is 1.58. The SMILES string of the molecule is COc1cc2c(cc1N1CC1)=NC(=O)C(=O)C=2. The van der Waals surface area contributed by atoms with E-state index in [9.17, 15) is 9.59 Å². The topological polar surface area (TPSA) is 58.7 Å². The van der Waals surface area contributed by atoms with E-state index >= 15 is 0 Å². The molecule has 1 amide bonds. The predicted octanol–water partition coefficient (Wildman–Crippen LogP) is -0.975. The first-order valence-electron chi connectivity index (χ1n) is 5.31. The summed E-state index contributed by atoms with van der Waals surface area (Å²) in [4.78, 5) is 28.3. The van der Waals surface area contributed by atoms with Gasteiger partial charge in [0.2, 0.25) is 5.78 Å². The lowest BCUT2D eigenvalue weighted by Gasteiger charge is -2.10. The molecule has 1 aromatic rings. The van der Waals surface area contributed by atoms with Gasteiger partial charge in [-0.2, -0.15) is 0 Å². The molecule has 0 spiro atoms. The lowest BCUT2D eigenvalue weighted by Crippen LogP contribution is -2.34. The smallest absolute Gasteiger partial charge is 0.317 e. The number of rotatable bonds is 2. The number of methoxy groups -OCH3 is 1. The Kier molecular flexibility index (Phi) is 2.01. The molecular weight excluding hydrogens is 220 g/mol. The summed E-state index contributed by atoms with van der Waals surface area (Å²) in [5.41, 5.74) is 0.922. The third-order valence-electron chi connectivity index (χ3n) is 2.84. The van der Waals surface area contributed by atoms with Crippen molar-refractivity contribution >= 4 is 23.5 Å². The maximum atomic E-state index is 11.2. The summed E-state index contributed by atoms with van der Waals surface area (Å²) < 4.78 is 5.28. The van der Waals surface area contributed by atoms with Gasteiger partial charge in [-0.15, -0.1) is 0 Å². The van der Waals surface area contributed by atoms with Crippen molar-refractivity contribution in [2.24, 2.45) is 4.99 Å². The van der Waals surface area contributed by atoms with E-state index in [2.05, 4.69) is 9.89 Å². The van der Waals surface area contributed by atoms with Crippen LogP contribution in [0, 0.1) is 0 Å². The molecule has 86 valence electrons. The monoisotopic (exact) mass is 230 g/mol. The molecule has 1 aromatic carbocycles. The van der Waals surface area contributed by atoms with E-state index in [1.807, 2.05) is 0 Å². The Morgan fingerprint density at radius 1 is 1.29 bits per heavy atom. The molecule has 5 nitrogen and oxygen atoms in total. The van der Waals surface area contributed by atoms with Crippen molar-refractivity contribution in [1.29, 1.82) is 0 Å². The van der Waals surface area contributed by atoms with E-state index < -0.39 is 11.7 Å². The van der Waals surface area contributed by atoms with Crippen LogP contribution in [-0.4, -0.2) is 31.9 Å². The fourth-order valence-electron chi connectivity index (χ4n) is 1.85. The largest absolute Gasteiger partial charge is 0.495 e. The van der Waals surface area contributed by atoms with Gasteiger partial charge >= 0.3 is 5.91 Å². The summed E-state index contributed by atoms with van der Waals surface area (Å²) in [6, 6.07) is 3.54. The third-order valence-corrected chi connectivity index (χ3v) is 2.84. The van der Waals surface area contributed by atoms with Crippen LogP contribution in [-0.2, 0) is 9.59 Å². The number of anilines is 1. The molecule has 0 aromatic heterocycles. The van der Waals surface area contributed by atoms with Gasteiger partial charge in [0.25, 0.3) is 0 Å². The van der Waals surface area contributed by atoms with Crippen molar-refractivity contribution in [3.8, 4) is 5.75 Å². The van der Waals surface area contributed by atoms with Crippen LogP contribution in [0.25, 0.3) is 6.08 Å².